The first-order valence-electron chi connectivity index (χ1n) is 12.2. The molecule has 1 heterocycles. The fourth-order valence-electron chi connectivity index (χ4n) is 4.88. The SMILES string of the molecule is N#Cc1ccc(NC(=O)C(O)(Cc2cccc(I)c2)C2CCN(C(=O)c3ccccc3)CC2)cc1C(F)(F)F. The van der Waals surface area contributed by atoms with E-state index in [1.54, 1.807) is 41.3 Å². The van der Waals surface area contributed by atoms with Crippen molar-refractivity contribution in [1.82, 2.24) is 4.90 Å². The molecule has 0 saturated carbocycles. The summed E-state index contributed by atoms with van der Waals surface area (Å²) >= 11 is 2.12. The average Bonchev–Trinajstić information content (AvgIpc) is 2.92. The number of anilines is 1. The van der Waals surface area contributed by atoms with E-state index in [4.69, 9.17) is 5.26 Å². The maximum atomic E-state index is 13.6. The number of carbonyl (C=O) groups is 2. The molecule has 2 amide bonds. The molecule has 1 aliphatic heterocycles. The van der Waals surface area contributed by atoms with Gasteiger partial charge in [-0.05, 0) is 83.5 Å². The summed E-state index contributed by atoms with van der Waals surface area (Å²) in [6.07, 6.45) is -4.20. The number of hydrogen-bond donors (Lipinski definition) is 2. The molecule has 1 aliphatic rings. The second-order valence-electron chi connectivity index (χ2n) is 9.49. The number of nitrogens with zero attached hydrogens (tertiary/aromatic N) is 2. The smallest absolute Gasteiger partial charge is 0.379 e. The molecule has 0 aromatic heterocycles. The molecule has 1 atom stereocenters. The Bertz CT molecular complexity index is 1400. The minimum absolute atomic E-state index is 0.0601. The van der Waals surface area contributed by atoms with Crippen molar-refractivity contribution in [2.45, 2.75) is 31.0 Å². The molecule has 0 aliphatic carbocycles. The van der Waals surface area contributed by atoms with Gasteiger partial charge in [-0.1, -0.05) is 30.3 Å². The standard InChI is InChI=1S/C29H25F3IN3O3/c30-29(31,32)25-16-24(10-9-21(25)18-34)35-27(38)28(39,17-19-5-4-8-23(33)15-19)22-11-13-36(14-12-22)26(37)20-6-2-1-3-7-20/h1-10,15-16,22,39H,11-14,17H2,(H,35,38). The van der Waals surface area contributed by atoms with Crippen molar-refractivity contribution in [2.75, 3.05) is 18.4 Å². The van der Waals surface area contributed by atoms with Gasteiger partial charge in [-0.3, -0.25) is 9.59 Å². The Kier molecular flexibility index (Phi) is 8.61. The highest BCUT2D eigenvalue weighted by Gasteiger charge is 2.46. The molecule has 3 aromatic carbocycles. The summed E-state index contributed by atoms with van der Waals surface area (Å²) in [6.45, 7) is 0.630. The Hall–Kier alpha value is -3.43. The molecule has 4 rings (SSSR count). The number of alkyl halides is 3. The van der Waals surface area contributed by atoms with Crippen molar-refractivity contribution in [3.05, 3.63) is 98.6 Å². The number of piperidine rings is 1. The van der Waals surface area contributed by atoms with Crippen LogP contribution in [0.3, 0.4) is 0 Å². The van der Waals surface area contributed by atoms with Crippen molar-refractivity contribution < 1.29 is 27.9 Å². The summed E-state index contributed by atoms with van der Waals surface area (Å²) in [5.74, 6) is -1.54. The molecule has 3 aromatic rings. The summed E-state index contributed by atoms with van der Waals surface area (Å²) < 4.78 is 41.3. The summed E-state index contributed by atoms with van der Waals surface area (Å²) in [4.78, 5) is 28.2. The topological polar surface area (TPSA) is 93.4 Å². The second kappa shape index (κ2) is 11.8. The van der Waals surface area contributed by atoms with Crippen LogP contribution in [0.2, 0.25) is 0 Å². The number of nitrogens with one attached hydrogen (secondary N) is 1. The number of hydrogen-bond acceptors (Lipinski definition) is 4. The van der Waals surface area contributed by atoms with Crippen LogP contribution in [-0.2, 0) is 17.4 Å². The number of nitriles is 1. The van der Waals surface area contributed by atoms with Crippen LogP contribution in [0.5, 0.6) is 0 Å². The Labute approximate surface area is 237 Å². The number of halogens is 4. The van der Waals surface area contributed by atoms with Gasteiger partial charge in [-0.15, -0.1) is 0 Å². The lowest BCUT2D eigenvalue weighted by molar-refractivity contribution is -0.142. The zero-order chi connectivity index (χ0) is 28.2. The lowest BCUT2D eigenvalue weighted by Gasteiger charge is -2.40. The number of carbonyl (C=O) groups excluding carboxylic acids is 2. The van der Waals surface area contributed by atoms with E-state index in [-0.39, 0.29) is 18.0 Å². The highest BCUT2D eigenvalue weighted by molar-refractivity contribution is 14.1. The van der Waals surface area contributed by atoms with Gasteiger partial charge in [-0.25, -0.2) is 0 Å². The molecular weight excluding hydrogens is 622 g/mol. The van der Waals surface area contributed by atoms with Crippen LogP contribution >= 0.6 is 22.6 Å². The predicted octanol–water partition coefficient (Wildman–Crippen LogP) is 5.65. The Morgan fingerprint density at radius 3 is 2.33 bits per heavy atom. The Balaban J connectivity index is 1.59. The number of aliphatic hydroxyl groups is 1. The lowest BCUT2D eigenvalue weighted by Crippen LogP contribution is -2.54. The van der Waals surface area contributed by atoms with Gasteiger partial charge in [0.05, 0.1) is 17.2 Å². The van der Waals surface area contributed by atoms with Gasteiger partial charge < -0.3 is 15.3 Å². The largest absolute Gasteiger partial charge is 0.417 e. The van der Waals surface area contributed by atoms with Crippen LogP contribution in [0.25, 0.3) is 0 Å². The molecule has 202 valence electrons. The summed E-state index contributed by atoms with van der Waals surface area (Å²) in [5.41, 5.74) is -2.63. The molecule has 39 heavy (non-hydrogen) atoms. The van der Waals surface area contributed by atoms with E-state index in [9.17, 15) is 27.9 Å². The van der Waals surface area contributed by atoms with E-state index in [0.717, 1.165) is 9.64 Å². The first-order valence-corrected chi connectivity index (χ1v) is 13.3. The predicted molar refractivity (Wildman–Crippen MR) is 148 cm³/mol. The first-order chi connectivity index (χ1) is 18.5. The summed E-state index contributed by atoms with van der Waals surface area (Å²) in [7, 11) is 0. The summed E-state index contributed by atoms with van der Waals surface area (Å²) in [5, 5.41) is 23.4. The Morgan fingerprint density at radius 1 is 1.03 bits per heavy atom. The van der Waals surface area contributed by atoms with Gasteiger partial charge in [-0.2, -0.15) is 18.4 Å². The molecule has 0 spiro atoms. The van der Waals surface area contributed by atoms with Crippen molar-refractivity contribution in [3.8, 4) is 6.07 Å². The molecule has 10 heteroatoms. The molecule has 1 fully saturated rings. The third-order valence-corrected chi connectivity index (χ3v) is 7.61. The second-order valence-corrected chi connectivity index (χ2v) is 10.7. The van der Waals surface area contributed by atoms with Gasteiger partial charge in [0.15, 0.2) is 0 Å². The highest BCUT2D eigenvalue weighted by atomic mass is 127. The van der Waals surface area contributed by atoms with Crippen molar-refractivity contribution in [1.29, 1.82) is 5.26 Å². The monoisotopic (exact) mass is 647 g/mol. The van der Waals surface area contributed by atoms with Gasteiger partial charge in [0.1, 0.15) is 5.60 Å². The van der Waals surface area contributed by atoms with Crippen LogP contribution in [0.15, 0.2) is 72.8 Å². The highest BCUT2D eigenvalue weighted by Crippen LogP contribution is 2.36. The molecule has 2 N–H and O–H groups in total. The van der Waals surface area contributed by atoms with Crippen LogP contribution in [0, 0.1) is 20.8 Å². The fraction of sp³-hybridized carbons (Fsp3) is 0.276. The van der Waals surface area contributed by atoms with E-state index in [2.05, 4.69) is 27.9 Å². The van der Waals surface area contributed by atoms with Crippen molar-refractivity contribution in [2.24, 2.45) is 5.92 Å². The van der Waals surface area contributed by atoms with Gasteiger partial charge in [0, 0.05) is 40.2 Å². The maximum absolute atomic E-state index is 13.6. The average molecular weight is 647 g/mol. The van der Waals surface area contributed by atoms with Gasteiger partial charge in [0.25, 0.3) is 11.8 Å². The fourth-order valence-corrected chi connectivity index (χ4v) is 5.49. The molecule has 0 radical (unpaired) electrons. The van der Waals surface area contributed by atoms with Gasteiger partial charge >= 0.3 is 6.18 Å². The van der Waals surface area contributed by atoms with E-state index in [0.29, 0.717) is 43.1 Å². The molecule has 6 nitrogen and oxygen atoms in total. The molecule has 1 saturated heterocycles. The van der Waals surface area contributed by atoms with E-state index < -0.39 is 34.7 Å². The number of amides is 2. The normalized spacial score (nSPS) is 15.7. The summed E-state index contributed by atoms with van der Waals surface area (Å²) in [6, 6.07) is 20.5. The molecule has 1 unspecified atom stereocenters. The minimum Gasteiger partial charge on any atom is -0.379 e. The third kappa shape index (κ3) is 6.59. The number of rotatable bonds is 6. The van der Waals surface area contributed by atoms with E-state index in [1.165, 1.54) is 12.1 Å². The van der Waals surface area contributed by atoms with Crippen LogP contribution in [0.1, 0.15) is 39.9 Å². The zero-order valence-corrected chi connectivity index (χ0v) is 22.9. The van der Waals surface area contributed by atoms with Crippen molar-refractivity contribution in [3.63, 3.8) is 0 Å². The van der Waals surface area contributed by atoms with E-state index in [1.807, 2.05) is 18.2 Å². The first kappa shape index (κ1) is 28.6. The maximum Gasteiger partial charge on any atom is 0.417 e. The number of benzene rings is 3. The lowest BCUT2D eigenvalue weighted by atomic mass is 9.76. The van der Waals surface area contributed by atoms with Gasteiger partial charge in [0.2, 0.25) is 0 Å². The quantitative estimate of drug-likeness (QED) is 0.339. The van der Waals surface area contributed by atoms with Crippen molar-refractivity contribution >= 4 is 40.1 Å². The molecular formula is C29H25F3IN3O3. The number of likely N-dealkylation sites (tertiary alicyclic amines) is 1. The molecule has 0 bridgehead atoms. The Morgan fingerprint density at radius 2 is 1.72 bits per heavy atom. The van der Waals surface area contributed by atoms with E-state index >= 15 is 0 Å². The third-order valence-electron chi connectivity index (χ3n) is 6.94. The van der Waals surface area contributed by atoms with Crippen LogP contribution in [-0.4, -0.2) is 40.5 Å². The van der Waals surface area contributed by atoms with Crippen LogP contribution in [0.4, 0.5) is 18.9 Å². The zero-order valence-electron chi connectivity index (χ0n) is 20.7. The minimum atomic E-state index is -4.79. The van der Waals surface area contributed by atoms with Crippen LogP contribution < -0.4 is 5.32 Å².